The van der Waals surface area contributed by atoms with Crippen LogP contribution in [0, 0.1) is 6.92 Å². The summed E-state index contributed by atoms with van der Waals surface area (Å²) >= 11 is 7.69. The second-order valence-electron chi connectivity index (χ2n) is 5.83. The molecule has 0 radical (unpaired) electrons. The Morgan fingerprint density at radius 3 is 1.89 bits per heavy atom. The van der Waals surface area contributed by atoms with Gasteiger partial charge in [-0.2, -0.15) is 0 Å². The summed E-state index contributed by atoms with van der Waals surface area (Å²) in [4.78, 5) is 2.15. The molecule has 2 aromatic rings. The molecule has 0 fully saturated rings. The average Bonchev–Trinajstić information content (AvgIpc) is 2.64. The van der Waals surface area contributed by atoms with Crippen molar-refractivity contribution < 1.29 is 13.3 Å². The lowest BCUT2D eigenvalue weighted by molar-refractivity contribution is 0.0845. The zero-order valence-electron chi connectivity index (χ0n) is 16.3. The van der Waals surface area contributed by atoms with Crippen LogP contribution in [0.25, 0.3) is 4.91 Å². The zero-order valence-corrected chi connectivity index (χ0v) is 18.9. The van der Waals surface area contributed by atoms with E-state index < -0.39 is 8.80 Å². The van der Waals surface area contributed by atoms with Crippen molar-refractivity contribution in [2.45, 2.75) is 32.6 Å². The van der Waals surface area contributed by atoms with E-state index in [1.807, 2.05) is 45.0 Å². The quantitative estimate of drug-likeness (QED) is 0.328. The van der Waals surface area contributed by atoms with Gasteiger partial charge in [0.25, 0.3) is 0 Å². The molecule has 0 aromatic heterocycles. The van der Waals surface area contributed by atoms with E-state index in [0.29, 0.717) is 19.8 Å². The normalized spacial score (nSPS) is 12.4. The highest BCUT2D eigenvalue weighted by Gasteiger charge is 2.39. The number of rotatable bonds is 10. The van der Waals surface area contributed by atoms with E-state index in [0.717, 1.165) is 20.4 Å². The Morgan fingerprint density at radius 1 is 0.889 bits per heavy atom. The predicted molar refractivity (Wildman–Crippen MR) is 117 cm³/mol. The van der Waals surface area contributed by atoms with E-state index in [4.69, 9.17) is 24.9 Å². The number of hydrogen-bond donors (Lipinski definition) is 0. The van der Waals surface area contributed by atoms with Crippen LogP contribution >= 0.6 is 23.4 Å². The molecule has 0 saturated carbocycles. The minimum atomic E-state index is -2.93. The van der Waals surface area contributed by atoms with Crippen LogP contribution in [0.3, 0.4) is 0 Å². The Hall–Kier alpha value is -1.08. The van der Waals surface area contributed by atoms with Gasteiger partial charge < -0.3 is 13.3 Å². The van der Waals surface area contributed by atoms with Crippen molar-refractivity contribution in [1.82, 2.24) is 0 Å². The summed E-state index contributed by atoms with van der Waals surface area (Å²) in [6.45, 7) is 9.59. The van der Waals surface area contributed by atoms with E-state index in [2.05, 4.69) is 36.9 Å². The molecule has 0 N–H and O–H groups in total. The summed E-state index contributed by atoms with van der Waals surface area (Å²) in [5.41, 5.74) is 4.39. The van der Waals surface area contributed by atoms with Crippen molar-refractivity contribution in [2.24, 2.45) is 0 Å². The molecule has 3 nitrogen and oxygen atoms in total. The third-order valence-corrected chi connectivity index (χ3v) is 7.98. The molecular formula is C21H27ClO3SSi. The second kappa shape index (κ2) is 11.0. The first-order valence-electron chi connectivity index (χ1n) is 9.17. The molecule has 0 spiro atoms. The highest BCUT2D eigenvalue weighted by molar-refractivity contribution is 8.08. The van der Waals surface area contributed by atoms with E-state index in [9.17, 15) is 0 Å². The van der Waals surface area contributed by atoms with Gasteiger partial charge in [0.05, 0.1) is 0 Å². The molecule has 27 heavy (non-hydrogen) atoms. The summed E-state index contributed by atoms with van der Waals surface area (Å²) in [7, 11) is -2.93. The molecule has 0 aliphatic rings. The summed E-state index contributed by atoms with van der Waals surface area (Å²) in [6, 6.07) is 16.3. The number of halogens is 1. The van der Waals surface area contributed by atoms with Crippen molar-refractivity contribution in [3.05, 3.63) is 70.4 Å². The minimum Gasteiger partial charge on any atom is -0.371 e. The number of aryl methyl sites for hydroxylation is 1. The van der Waals surface area contributed by atoms with Crippen LogP contribution in [0.2, 0.25) is 5.02 Å². The molecule has 0 heterocycles. The monoisotopic (exact) mass is 422 g/mol. The maximum absolute atomic E-state index is 6.04. The van der Waals surface area contributed by atoms with E-state index >= 15 is 0 Å². The Bertz CT molecular complexity index is 715. The predicted octanol–water partition coefficient (Wildman–Crippen LogP) is 6.37. The summed E-state index contributed by atoms with van der Waals surface area (Å²) in [6.07, 6.45) is 0. The van der Waals surface area contributed by atoms with E-state index in [-0.39, 0.29) is 0 Å². The Labute approximate surface area is 173 Å². The van der Waals surface area contributed by atoms with Crippen LogP contribution in [0.15, 0.2) is 59.1 Å². The van der Waals surface area contributed by atoms with Gasteiger partial charge in [0.15, 0.2) is 0 Å². The lowest BCUT2D eigenvalue weighted by Gasteiger charge is -2.26. The molecule has 2 rings (SSSR count). The molecule has 0 atom stereocenters. The van der Waals surface area contributed by atoms with Gasteiger partial charge in [0, 0.05) is 40.3 Å². The van der Waals surface area contributed by atoms with Gasteiger partial charge in [0.1, 0.15) is 0 Å². The highest BCUT2D eigenvalue weighted by atomic mass is 35.5. The zero-order chi connectivity index (χ0) is 19.7. The lowest BCUT2D eigenvalue weighted by Crippen LogP contribution is -2.44. The van der Waals surface area contributed by atoms with Crippen molar-refractivity contribution in [1.29, 1.82) is 0 Å². The fourth-order valence-electron chi connectivity index (χ4n) is 2.53. The molecule has 0 saturated heterocycles. The molecule has 0 amide bonds. The van der Waals surface area contributed by atoms with Crippen molar-refractivity contribution in [3.8, 4) is 0 Å². The van der Waals surface area contributed by atoms with Gasteiger partial charge >= 0.3 is 8.80 Å². The van der Waals surface area contributed by atoms with Crippen LogP contribution in [0.4, 0.5) is 0 Å². The number of benzene rings is 2. The smallest absolute Gasteiger partial charge is 0.371 e. The standard InChI is InChI=1S/C21H27ClO3SSi/c1-5-23-27(24-6-2,25-7-3)16-21(18-10-8-17(4)9-11-18)26-20-14-12-19(22)13-15-20/h8-16H,5-7H2,1-4H3/b21-16+. The fraction of sp³-hybridized carbons (Fsp3) is 0.333. The van der Waals surface area contributed by atoms with E-state index in [1.54, 1.807) is 11.8 Å². The first-order chi connectivity index (χ1) is 13.0. The molecule has 0 aliphatic carbocycles. The van der Waals surface area contributed by atoms with Gasteiger partial charge in [-0.3, -0.25) is 0 Å². The van der Waals surface area contributed by atoms with Gasteiger partial charge in [-0.25, -0.2) is 0 Å². The van der Waals surface area contributed by atoms with Gasteiger partial charge in [0.2, 0.25) is 0 Å². The highest BCUT2D eigenvalue weighted by Crippen LogP contribution is 2.36. The summed E-state index contributed by atoms with van der Waals surface area (Å²) in [5.74, 6) is 0. The molecule has 0 bridgehead atoms. The Balaban J connectivity index is 2.48. The lowest BCUT2D eigenvalue weighted by atomic mass is 10.1. The molecule has 6 heteroatoms. The summed E-state index contributed by atoms with van der Waals surface area (Å²) in [5, 5.41) is 0.724. The molecule has 2 aromatic carbocycles. The molecule has 0 aliphatic heterocycles. The largest absolute Gasteiger partial charge is 0.530 e. The first kappa shape index (κ1) is 22.2. The maximum Gasteiger partial charge on any atom is 0.530 e. The van der Waals surface area contributed by atoms with Gasteiger partial charge in [-0.1, -0.05) is 53.2 Å². The second-order valence-corrected chi connectivity index (χ2v) is 9.75. The molecule has 146 valence electrons. The third-order valence-electron chi connectivity index (χ3n) is 3.72. The van der Waals surface area contributed by atoms with Crippen molar-refractivity contribution >= 4 is 37.1 Å². The topological polar surface area (TPSA) is 27.7 Å². The maximum atomic E-state index is 6.04. The number of thioether (sulfide) groups is 1. The van der Waals surface area contributed by atoms with Gasteiger partial charge in [-0.05, 0) is 57.5 Å². The third kappa shape index (κ3) is 6.78. The van der Waals surface area contributed by atoms with Crippen LogP contribution in [0.5, 0.6) is 0 Å². The van der Waals surface area contributed by atoms with Crippen LogP contribution in [-0.2, 0) is 13.3 Å². The van der Waals surface area contributed by atoms with Crippen LogP contribution < -0.4 is 0 Å². The molecular weight excluding hydrogens is 396 g/mol. The Kier molecular flexibility index (Phi) is 9.09. The first-order valence-corrected chi connectivity index (χ1v) is 12.2. The summed E-state index contributed by atoms with van der Waals surface area (Å²) < 4.78 is 18.1. The number of hydrogen-bond acceptors (Lipinski definition) is 4. The molecule has 0 unspecified atom stereocenters. The van der Waals surface area contributed by atoms with Crippen LogP contribution in [0.1, 0.15) is 31.9 Å². The van der Waals surface area contributed by atoms with Crippen molar-refractivity contribution in [3.63, 3.8) is 0 Å². The fourth-order valence-corrected chi connectivity index (χ4v) is 6.30. The van der Waals surface area contributed by atoms with E-state index in [1.165, 1.54) is 5.56 Å². The Morgan fingerprint density at radius 2 is 1.41 bits per heavy atom. The minimum absolute atomic E-state index is 0.537. The average molecular weight is 423 g/mol. The van der Waals surface area contributed by atoms with Crippen LogP contribution in [-0.4, -0.2) is 28.6 Å². The van der Waals surface area contributed by atoms with Gasteiger partial charge in [-0.15, -0.1) is 0 Å². The van der Waals surface area contributed by atoms with Crippen molar-refractivity contribution in [2.75, 3.05) is 19.8 Å². The SMILES string of the molecule is CCO[Si](/C=C(/Sc1ccc(Cl)cc1)c1ccc(C)cc1)(OCC)OCC.